The van der Waals surface area contributed by atoms with E-state index in [2.05, 4.69) is 61.2 Å². The molecule has 0 atom stereocenters. The van der Waals surface area contributed by atoms with Crippen LogP contribution in [0.15, 0.2) is 28.9 Å². The summed E-state index contributed by atoms with van der Waals surface area (Å²) in [6.45, 7) is 5.99. The molecule has 0 saturated heterocycles. The van der Waals surface area contributed by atoms with Crippen molar-refractivity contribution in [3.05, 3.63) is 40.0 Å². The van der Waals surface area contributed by atoms with E-state index in [1.807, 2.05) is 13.1 Å². The van der Waals surface area contributed by atoms with Crippen molar-refractivity contribution in [1.29, 1.82) is 0 Å². The molecule has 0 fully saturated rings. The molecule has 0 saturated carbocycles. The maximum absolute atomic E-state index is 4.66. The van der Waals surface area contributed by atoms with Crippen LogP contribution in [0.1, 0.15) is 24.5 Å². The first-order valence-corrected chi connectivity index (χ1v) is 8.12. The van der Waals surface area contributed by atoms with Gasteiger partial charge in [-0.1, -0.05) is 17.7 Å². The molecule has 21 heavy (non-hydrogen) atoms. The molecule has 0 spiro atoms. The van der Waals surface area contributed by atoms with Gasteiger partial charge in [-0.05, 0) is 54.2 Å². The minimum absolute atomic E-state index is 0.676. The SMILES string of the molecule is CCNc1ncc(Br)c(N2CCCc3cc(C)ccc32)n1. The maximum Gasteiger partial charge on any atom is 0.224 e. The highest BCUT2D eigenvalue weighted by Crippen LogP contribution is 2.36. The Kier molecular flexibility index (Phi) is 4.10. The summed E-state index contributed by atoms with van der Waals surface area (Å²) in [6, 6.07) is 6.64. The lowest BCUT2D eigenvalue weighted by atomic mass is 9.99. The third-order valence-corrected chi connectivity index (χ3v) is 4.23. The van der Waals surface area contributed by atoms with Gasteiger partial charge in [-0.25, -0.2) is 4.98 Å². The number of hydrogen-bond donors (Lipinski definition) is 1. The summed E-state index contributed by atoms with van der Waals surface area (Å²) in [7, 11) is 0. The molecule has 2 aromatic rings. The largest absolute Gasteiger partial charge is 0.354 e. The Hall–Kier alpha value is -1.62. The monoisotopic (exact) mass is 346 g/mol. The molecule has 3 rings (SSSR count). The quantitative estimate of drug-likeness (QED) is 0.909. The fourth-order valence-corrected chi connectivity index (χ4v) is 3.14. The van der Waals surface area contributed by atoms with Crippen LogP contribution in [0.5, 0.6) is 0 Å². The predicted octanol–water partition coefficient (Wildman–Crippen LogP) is 4.06. The molecule has 5 heteroatoms. The number of aromatic nitrogens is 2. The molecular formula is C16H19BrN4. The average Bonchev–Trinajstić information content (AvgIpc) is 2.48. The summed E-state index contributed by atoms with van der Waals surface area (Å²) >= 11 is 3.59. The molecule has 2 heterocycles. The molecule has 1 aromatic heterocycles. The molecule has 0 radical (unpaired) electrons. The van der Waals surface area contributed by atoms with E-state index in [0.29, 0.717) is 5.95 Å². The van der Waals surface area contributed by atoms with Crippen molar-refractivity contribution >= 4 is 33.4 Å². The lowest BCUT2D eigenvalue weighted by molar-refractivity contribution is 0.756. The number of hydrogen-bond acceptors (Lipinski definition) is 4. The minimum Gasteiger partial charge on any atom is -0.354 e. The van der Waals surface area contributed by atoms with Crippen molar-refractivity contribution in [3.63, 3.8) is 0 Å². The second kappa shape index (κ2) is 6.02. The first kappa shape index (κ1) is 14.3. The van der Waals surface area contributed by atoms with Crippen LogP contribution in [0.2, 0.25) is 0 Å². The summed E-state index contributed by atoms with van der Waals surface area (Å²) in [5.41, 5.74) is 3.97. The number of rotatable bonds is 3. The van der Waals surface area contributed by atoms with Crippen LogP contribution in [0.4, 0.5) is 17.5 Å². The summed E-state index contributed by atoms with van der Waals surface area (Å²) in [5.74, 6) is 1.61. The number of nitrogens with one attached hydrogen (secondary N) is 1. The molecule has 0 aliphatic carbocycles. The van der Waals surface area contributed by atoms with Gasteiger partial charge in [0.05, 0.1) is 4.47 Å². The van der Waals surface area contributed by atoms with E-state index in [1.165, 1.54) is 16.8 Å². The van der Waals surface area contributed by atoms with E-state index in [0.717, 1.165) is 36.2 Å². The van der Waals surface area contributed by atoms with Gasteiger partial charge in [-0.15, -0.1) is 0 Å². The van der Waals surface area contributed by atoms with Crippen LogP contribution in [-0.4, -0.2) is 23.1 Å². The highest BCUT2D eigenvalue weighted by atomic mass is 79.9. The second-order valence-electron chi connectivity index (χ2n) is 5.28. The molecule has 0 unspecified atom stereocenters. The van der Waals surface area contributed by atoms with Crippen LogP contribution >= 0.6 is 15.9 Å². The number of aryl methyl sites for hydroxylation is 2. The fraction of sp³-hybridized carbons (Fsp3) is 0.375. The van der Waals surface area contributed by atoms with Gasteiger partial charge in [0.1, 0.15) is 0 Å². The van der Waals surface area contributed by atoms with Gasteiger partial charge in [0.25, 0.3) is 0 Å². The second-order valence-corrected chi connectivity index (χ2v) is 6.14. The smallest absolute Gasteiger partial charge is 0.224 e. The van der Waals surface area contributed by atoms with Crippen LogP contribution < -0.4 is 10.2 Å². The Labute approximate surface area is 133 Å². The Bertz CT molecular complexity index is 657. The summed E-state index contributed by atoms with van der Waals surface area (Å²) < 4.78 is 0.928. The van der Waals surface area contributed by atoms with Crippen LogP contribution in [-0.2, 0) is 6.42 Å². The molecule has 0 amide bonds. The third kappa shape index (κ3) is 2.88. The number of halogens is 1. The Morgan fingerprint density at radius 3 is 3.05 bits per heavy atom. The molecule has 1 aliphatic heterocycles. The molecular weight excluding hydrogens is 328 g/mol. The lowest BCUT2D eigenvalue weighted by Gasteiger charge is -2.31. The van der Waals surface area contributed by atoms with Crippen LogP contribution in [0, 0.1) is 6.92 Å². The van der Waals surface area contributed by atoms with E-state index in [4.69, 9.17) is 0 Å². The Balaban J connectivity index is 2.04. The lowest BCUT2D eigenvalue weighted by Crippen LogP contribution is -2.26. The van der Waals surface area contributed by atoms with Crippen molar-refractivity contribution in [1.82, 2.24) is 9.97 Å². The molecule has 1 aliphatic rings. The average molecular weight is 347 g/mol. The first-order valence-electron chi connectivity index (χ1n) is 7.32. The Morgan fingerprint density at radius 2 is 2.24 bits per heavy atom. The minimum atomic E-state index is 0.676. The van der Waals surface area contributed by atoms with E-state index in [9.17, 15) is 0 Å². The van der Waals surface area contributed by atoms with Crippen LogP contribution in [0.25, 0.3) is 0 Å². The van der Waals surface area contributed by atoms with Crippen molar-refractivity contribution in [3.8, 4) is 0 Å². The zero-order valence-electron chi connectivity index (χ0n) is 12.4. The first-order chi connectivity index (χ1) is 10.2. The van der Waals surface area contributed by atoms with Gasteiger partial charge in [-0.3, -0.25) is 0 Å². The summed E-state index contributed by atoms with van der Waals surface area (Å²) in [5, 5.41) is 3.18. The topological polar surface area (TPSA) is 41.1 Å². The molecule has 110 valence electrons. The van der Waals surface area contributed by atoms with E-state index in [1.54, 1.807) is 0 Å². The van der Waals surface area contributed by atoms with E-state index >= 15 is 0 Å². The van der Waals surface area contributed by atoms with Crippen molar-refractivity contribution < 1.29 is 0 Å². The van der Waals surface area contributed by atoms with Crippen molar-refractivity contribution in [2.45, 2.75) is 26.7 Å². The Morgan fingerprint density at radius 1 is 1.38 bits per heavy atom. The van der Waals surface area contributed by atoms with Crippen molar-refractivity contribution in [2.75, 3.05) is 23.3 Å². The van der Waals surface area contributed by atoms with Gasteiger partial charge in [-0.2, -0.15) is 4.98 Å². The molecule has 0 bridgehead atoms. The number of benzene rings is 1. The normalized spacial score (nSPS) is 14.0. The predicted molar refractivity (Wildman–Crippen MR) is 90.4 cm³/mol. The molecule has 1 aromatic carbocycles. The fourth-order valence-electron chi connectivity index (χ4n) is 2.74. The highest BCUT2D eigenvalue weighted by Gasteiger charge is 2.21. The van der Waals surface area contributed by atoms with Crippen LogP contribution in [0.3, 0.4) is 0 Å². The maximum atomic E-state index is 4.66. The summed E-state index contributed by atoms with van der Waals surface area (Å²) in [4.78, 5) is 11.2. The summed E-state index contributed by atoms with van der Waals surface area (Å²) in [6.07, 6.45) is 4.10. The van der Waals surface area contributed by atoms with Gasteiger partial charge >= 0.3 is 0 Å². The highest BCUT2D eigenvalue weighted by molar-refractivity contribution is 9.10. The molecule has 4 nitrogen and oxygen atoms in total. The van der Waals surface area contributed by atoms with Gasteiger partial charge in [0.15, 0.2) is 5.82 Å². The third-order valence-electron chi connectivity index (χ3n) is 3.67. The van der Waals surface area contributed by atoms with E-state index < -0.39 is 0 Å². The van der Waals surface area contributed by atoms with E-state index in [-0.39, 0.29) is 0 Å². The zero-order chi connectivity index (χ0) is 14.8. The molecule has 1 N–H and O–H groups in total. The van der Waals surface area contributed by atoms with Gasteiger partial charge < -0.3 is 10.2 Å². The number of nitrogens with zero attached hydrogens (tertiary/aromatic N) is 3. The van der Waals surface area contributed by atoms with Gasteiger partial charge in [0, 0.05) is 25.0 Å². The number of anilines is 3. The standard InChI is InChI=1S/C16H19BrN4/c1-3-18-16-19-10-13(17)15(20-16)21-8-4-5-12-9-11(2)6-7-14(12)21/h6-7,9-10H,3-5,8H2,1-2H3,(H,18,19,20). The zero-order valence-corrected chi connectivity index (χ0v) is 13.9. The van der Waals surface area contributed by atoms with Gasteiger partial charge in [0.2, 0.25) is 5.95 Å². The number of fused-ring (bicyclic) bond motifs is 1. The van der Waals surface area contributed by atoms with Crippen molar-refractivity contribution in [2.24, 2.45) is 0 Å².